The number of hydrogen-bond acceptors (Lipinski definition) is 6. The van der Waals surface area contributed by atoms with Gasteiger partial charge in [-0.3, -0.25) is 14.9 Å². The number of nitro groups is 1. The maximum Gasteiger partial charge on any atom is 0.311 e. The van der Waals surface area contributed by atoms with Gasteiger partial charge in [-0.1, -0.05) is 18.2 Å². The average molecular weight is 358 g/mol. The minimum atomic E-state index is -0.537. The lowest BCUT2D eigenvalue weighted by Crippen LogP contribution is -2.42. The lowest BCUT2D eigenvalue weighted by atomic mass is 10.2. The highest BCUT2D eigenvalue weighted by atomic mass is 16.6. The molecular weight excluding hydrogens is 340 g/mol. The van der Waals surface area contributed by atoms with E-state index in [9.17, 15) is 14.9 Å². The number of rotatable bonds is 6. The van der Waals surface area contributed by atoms with Crippen LogP contribution in [0.2, 0.25) is 0 Å². The summed E-state index contributed by atoms with van der Waals surface area (Å²) in [6.07, 6.45) is -0.317. The van der Waals surface area contributed by atoms with Crippen molar-refractivity contribution in [3.8, 4) is 17.2 Å². The molecule has 8 heteroatoms. The number of carbonyl (C=O) groups excluding carboxylic acids is 1. The fraction of sp³-hybridized carbons (Fsp3) is 0.278. The summed E-state index contributed by atoms with van der Waals surface area (Å²) in [5.41, 5.74) is 0.571. The number of carbonyl (C=O) groups is 1. The first kappa shape index (κ1) is 17.5. The highest BCUT2D eigenvalue weighted by Gasteiger charge is 2.21. The molecule has 1 amide bonds. The molecule has 1 aliphatic heterocycles. The van der Waals surface area contributed by atoms with Crippen molar-refractivity contribution in [1.82, 2.24) is 5.32 Å². The van der Waals surface area contributed by atoms with E-state index < -0.39 is 10.8 Å². The summed E-state index contributed by atoms with van der Waals surface area (Å²) in [5, 5.41) is 13.7. The van der Waals surface area contributed by atoms with Crippen LogP contribution in [-0.2, 0) is 4.79 Å². The minimum absolute atomic E-state index is 0.0573. The van der Waals surface area contributed by atoms with E-state index in [2.05, 4.69) is 5.32 Å². The molecule has 3 rings (SSSR count). The molecule has 0 saturated heterocycles. The molecule has 0 saturated carbocycles. The number of nitrogens with one attached hydrogen (secondary N) is 1. The number of nitro benzene ring substituents is 1. The maximum absolute atomic E-state index is 12.0. The van der Waals surface area contributed by atoms with Gasteiger partial charge in [0.25, 0.3) is 5.91 Å². The smallest absolute Gasteiger partial charge is 0.311 e. The van der Waals surface area contributed by atoms with Crippen LogP contribution in [0.5, 0.6) is 17.2 Å². The molecule has 1 aliphatic rings. The van der Waals surface area contributed by atoms with Crippen molar-refractivity contribution in [3.63, 3.8) is 0 Å². The zero-order chi connectivity index (χ0) is 18.5. The first-order valence-electron chi connectivity index (χ1n) is 8.06. The average Bonchev–Trinajstić information content (AvgIpc) is 2.65. The van der Waals surface area contributed by atoms with Crippen molar-refractivity contribution in [2.45, 2.75) is 13.0 Å². The topological polar surface area (TPSA) is 99.9 Å². The number of amides is 1. The predicted molar refractivity (Wildman–Crippen MR) is 92.7 cm³/mol. The minimum Gasteiger partial charge on any atom is -0.486 e. The normalized spacial score (nSPS) is 15.2. The van der Waals surface area contributed by atoms with Crippen molar-refractivity contribution >= 4 is 11.6 Å². The maximum atomic E-state index is 12.0. The monoisotopic (exact) mass is 358 g/mol. The van der Waals surface area contributed by atoms with Gasteiger partial charge < -0.3 is 19.5 Å². The summed E-state index contributed by atoms with van der Waals surface area (Å²) in [6, 6.07) is 11.9. The molecule has 0 aliphatic carbocycles. The Hall–Kier alpha value is -3.29. The molecule has 2 aromatic carbocycles. The van der Waals surface area contributed by atoms with Crippen LogP contribution in [0.1, 0.15) is 5.56 Å². The molecule has 8 nitrogen and oxygen atoms in total. The Morgan fingerprint density at radius 3 is 2.85 bits per heavy atom. The first-order valence-corrected chi connectivity index (χ1v) is 8.06. The summed E-state index contributed by atoms with van der Waals surface area (Å²) in [6.45, 7) is 1.98. The predicted octanol–water partition coefficient (Wildman–Crippen LogP) is 2.24. The zero-order valence-corrected chi connectivity index (χ0v) is 14.1. The van der Waals surface area contributed by atoms with E-state index in [-0.39, 0.29) is 30.7 Å². The Labute approximate surface area is 149 Å². The van der Waals surface area contributed by atoms with Gasteiger partial charge in [-0.2, -0.15) is 0 Å². The summed E-state index contributed by atoms with van der Waals surface area (Å²) < 4.78 is 16.6. The SMILES string of the molecule is Cc1ccc(OCC(=O)NC[C@H]2COc3ccccc3O2)c([N+](=O)[O-])c1. The van der Waals surface area contributed by atoms with Crippen LogP contribution in [0.25, 0.3) is 0 Å². The number of fused-ring (bicyclic) bond motifs is 1. The van der Waals surface area contributed by atoms with E-state index in [1.165, 1.54) is 12.1 Å². The second-order valence-corrected chi connectivity index (χ2v) is 5.82. The third kappa shape index (κ3) is 4.21. The van der Waals surface area contributed by atoms with Crippen LogP contribution in [0.3, 0.4) is 0 Å². The first-order chi connectivity index (χ1) is 12.5. The number of ether oxygens (including phenoxy) is 3. The Kier molecular flexibility index (Phi) is 5.21. The summed E-state index contributed by atoms with van der Waals surface area (Å²) in [7, 11) is 0. The van der Waals surface area contributed by atoms with Crippen molar-refractivity contribution < 1.29 is 23.9 Å². The van der Waals surface area contributed by atoms with Gasteiger partial charge in [0, 0.05) is 6.07 Å². The number of benzene rings is 2. The third-order valence-electron chi connectivity index (χ3n) is 3.76. The lowest BCUT2D eigenvalue weighted by molar-refractivity contribution is -0.385. The largest absolute Gasteiger partial charge is 0.486 e. The Morgan fingerprint density at radius 2 is 2.08 bits per heavy atom. The van der Waals surface area contributed by atoms with E-state index in [0.717, 1.165) is 5.56 Å². The number of para-hydroxylation sites is 2. The molecule has 136 valence electrons. The van der Waals surface area contributed by atoms with Crippen molar-refractivity contribution in [2.24, 2.45) is 0 Å². The molecule has 0 spiro atoms. The Balaban J connectivity index is 1.49. The van der Waals surface area contributed by atoms with Crippen molar-refractivity contribution in [3.05, 3.63) is 58.1 Å². The highest BCUT2D eigenvalue weighted by Crippen LogP contribution is 2.30. The highest BCUT2D eigenvalue weighted by molar-refractivity contribution is 5.77. The summed E-state index contributed by atoms with van der Waals surface area (Å²) in [4.78, 5) is 22.5. The zero-order valence-electron chi connectivity index (χ0n) is 14.1. The van der Waals surface area contributed by atoms with Crippen LogP contribution >= 0.6 is 0 Å². The fourth-order valence-corrected chi connectivity index (χ4v) is 2.48. The van der Waals surface area contributed by atoms with Crippen LogP contribution in [0, 0.1) is 17.0 Å². The standard InChI is InChI=1S/C18H18N2O6/c1-12-6-7-15(14(8-12)20(22)23)25-11-18(21)19-9-13-10-24-16-4-2-3-5-17(16)26-13/h2-8,13H,9-11H2,1H3,(H,19,21)/t13-/m0/s1. The van der Waals surface area contributed by atoms with Gasteiger partial charge in [0.2, 0.25) is 0 Å². The lowest BCUT2D eigenvalue weighted by Gasteiger charge is -2.26. The summed E-state index contributed by atoms with van der Waals surface area (Å²) in [5.74, 6) is 0.957. The molecule has 0 unspecified atom stereocenters. The molecule has 1 atom stereocenters. The van der Waals surface area contributed by atoms with Crippen LogP contribution in [0.15, 0.2) is 42.5 Å². The van der Waals surface area contributed by atoms with Gasteiger partial charge in [-0.25, -0.2) is 0 Å². The molecule has 0 aromatic heterocycles. The second kappa shape index (κ2) is 7.73. The molecule has 1 N–H and O–H groups in total. The van der Waals surface area contributed by atoms with Crippen LogP contribution in [-0.4, -0.2) is 36.7 Å². The van der Waals surface area contributed by atoms with E-state index >= 15 is 0 Å². The van der Waals surface area contributed by atoms with Gasteiger partial charge in [0.1, 0.15) is 12.7 Å². The molecule has 0 fully saturated rings. The van der Waals surface area contributed by atoms with Gasteiger partial charge in [-0.05, 0) is 30.7 Å². The molecule has 0 bridgehead atoms. The molecular formula is C18H18N2O6. The van der Waals surface area contributed by atoms with E-state index in [4.69, 9.17) is 14.2 Å². The molecule has 1 heterocycles. The number of aryl methyl sites for hydroxylation is 1. The van der Waals surface area contributed by atoms with Crippen LogP contribution < -0.4 is 19.5 Å². The van der Waals surface area contributed by atoms with Gasteiger partial charge in [0.05, 0.1) is 11.5 Å². The van der Waals surface area contributed by atoms with E-state index in [0.29, 0.717) is 18.1 Å². The summed E-state index contributed by atoms with van der Waals surface area (Å²) >= 11 is 0. The third-order valence-corrected chi connectivity index (χ3v) is 3.76. The molecule has 2 aromatic rings. The van der Waals surface area contributed by atoms with Gasteiger partial charge in [0.15, 0.2) is 23.9 Å². The fourth-order valence-electron chi connectivity index (χ4n) is 2.48. The van der Waals surface area contributed by atoms with Crippen LogP contribution in [0.4, 0.5) is 5.69 Å². The molecule has 26 heavy (non-hydrogen) atoms. The van der Waals surface area contributed by atoms with Crippen molar-refractivity contribution in [2.75, 3.05) is 19.8 Å². The Morgan fingerprint density at radius 1 is 1.31 bits per heavy atom. The van der Waals surface area contributed by atoms with Gasteiger partial charge in [-0.15, -0.1) is 0 Å². The Bertz CT molecular complexity index is 823. The number of hydrogen-bond donors (Lipinski definition) is 1. The number of nitrogens with zero attached hydrogens (tertiary/aromatic N) is 1. The quantitative estimate of drug-likeness (QED) is 0.628. The van der Waals surface area contributed by atoms with E-state index in [1.54, 1.807) is 19.1 Å². The van der Waals surface area contributed by atoms with Gasteiger partial charge >= 0.3 is 5.69 Å². The van der Waals surface area contributed by atoms with E-state index in [1.807, 2.05) is 18.2 Å². The second-order valence-electron chi connectivity index (χ2n) is 5.82. The van der Waals surface area contributed by atoms with Crippen molar-refractivity contribution in [1.29, 1.82) is 0 Å². The molecule has 0 radical (unpaired) electrons.